The molecule has 0 fully saturated rings. The van der Waals surface area contributed by atoms with Crippen molar-refractivity contribution in [2.24, 2.45) is 0 Å². The largest absolute Gasteiger partial charge is 0.347 e. The highest BCUT2D eigenvalue weighted by molar-refractivity contribution is 7.85. The van der Waals surface area contributed by atoms with Gasteiger partial charge < -0.3 is 4.90 Å². The summed E-state index contributed by atoms with van der Waals surface area (Å²) in [6.07, 6.45) is 0. The van der Waals surface area contributed by atoms with E-state index >= 15 is 0 Å². The van der Waals surface area contributed by atoms with Gasteiger partial charge in [-0.3, -0.25) is 4.55 Å². The lowest BCUT2D eigenvalue weighted by Crippen LogP contribution is -2.53. The maximum absolute atomic E-state index is 11.3. The SMILES string of the molecule is C.Cc1cc(N(C(C)(C)C)C(C)(C)C)nc(S(=O)(=O)O)c1. The van der Waals surface area contributed by atoms with Crippen LogP contribution < -0.4 is 4.90 Å². The molecule has 1 N–H and O–H groups in total. The highest BCUT2D eigenvalue weighted by atomic mass is 32.2. The van der Waals surface area contributed by atoms with Crippen molar-refractivity contribution in [3.05, 3.63) is 17.7 Å². The van der Waals surface area contributed by atoms with E-state index in [1.54, 1.807) is 6.92 Å². The van der Waals surface area contributed by atoms with Gasteiger partial charge in [-0.2, -0.15) is 8.42 Å². The number of hydrogen-bond acceptors (Lipinski definition) is 4. The monoisotopic (exact) mass is 316 g/mol. The van der Waals surface area contributed by atoms with Crippen molar-refractivity contribution in [2.45, 2.75) is 72.0 Å². The average molecular weight is 316 g/mol. The van der Waals surface area contributed by atoms with Gasteiger partial charge in [-0.1, -0.05) is 7.43 Å². The summed E-state index contributed by atoms with van der Waals surface area (Å²) < 4.78 is 31.9. The molecule has 1 heterocycles. The van der Waals surface area contributed by atoms with E-state index in [9.17, 15) is 13.0 Å². The molecule has 0 saturated heterocycles. The molecule has 0 radical (unpaired) electrons. The van der Waals surface area contributed by atoms with Crippen LogP contribution >= 0.6 is 0 Å². The molecule has 0 unspecified atom stereocenters. The Labute approximate surface area is 129 Å². The molecule has 1 aromatic heterocycles. The highest BCUT2D eigenvalue weighted by Crippen LogP contribution is 2.31. The Bertz CT molecular complexity index is 582. The van der Waals surface area contributed by atoms with Crippen LogP contribution in [-0.2, 0) is 10.1 Å². The minimum atomic E-state index is -4.31. The van der Waals surface area contributed by atoms with Crippen LogP contribution in [0.1, 0.15) is 54.5 Å². The van der Waals surface area contributed by atoms with Gasteiger partial charge in [0.05, 0.1) is 0 Å². The number of aromatic nitrogens is 1. The maximum atomic E-state index is 11.3. The van der Waals surface area contributed by atoms with Crippen molar-refractivity contribution >= 4 is 15.9 Å². The van der Waals surface area contributed by atoms with Crippen molar-refractivity contribution in [3.8, 4) is 0 Å². The zero-order valence-corrected chi connectivity index (χ0v) is 14.0. The second kappa shape index (κ2) is 5.93. The van der Waals surface area contributed by atoms with E-state index in [-0.39, 0.29) is 23.5 Å². The Balaban J connectivity index is 0.00000400. The molecular formula is C15H28N2O3S. The topological polar surface area (TPSA) is 70.5 Å². The smallest absolute Gasteiger partial charge is 0.312 e. The molecule has 0 aromatic carbocycles. The van der Waals surface area contributed by atoms with E-state index in [0.29, 0.717) is 5.82 Å². The predicted octanol–water partition coefficient (Wildman–Crippen LogP) is 3.68. The van der Waals surface area contributed by atoms with E-state index < -0.39 is 10.1 Å². The molecule has 0 spiro atoms. The Hall–Kier alpha value is -1.14. The van der Waals surface area contributed by atoms with Crippen LogP contribution in [0, 0.1) is 6.92 Å². The lowest BCUT2D eigenvalue weighted by atomic mass is 9.96. The molecule has 21 heavy (non-hydrogen) atoms. The summed E-state index contributed by atoms with van der Waals surface area (Å²) in [7, 11) is -4.31. The molecule has 0 atom stereocenters. The van der Waals surface area contributed by atoms with Gasteiger partial charge in [-0.25, -0.2) is 4.98 Å². The summed E-state index contributed by atoms with van der Waals surface area (Å²) in [4.78, 5) is 6.17. The van der Waals surface area contributed by atoms with E-state index in [2.05, 4.69) is 4.98 Å². The van der Waals surface area contributed by atoms with Gasteiger partial charge >= 0.3 is 10.1 Å². The fraction of sp³-hybridized carbons (Fsp3) is 0.667. The first-order valence-corrected chi connectivity index (χ1v) is 7.93. The molecule has 0 aliphatic carbocycles. The Morgan fingerprint density at radius 2 is 1.48 bits per heavy atom. The normalized spacial score (nSPS) is 12.8. The summed E-state index contributed by atoms with van der Waals surface area (Å²) in [6, 6.07) is 3.19. The number of rotatable bonds is 2. The zero-order valence-electron chi connectivity index (χ0n) is 13.2. The van der Waals surface area contributed by atoms with E-state index in [4.69, 9.17) is 0 Å². The summed E-state index contributed by atoms with van der Waals surface area (Å²) in [5.74, 6) is 0.539. The average Bonchev–Trinajstić information content (AvgIpc) is 2.09. The zero-order chi connectivity index (χ0) is 15.9. The minimum Gasteiger partial charge on any atom is -0.347 e. The predicted molar refractivity (Wildman–Crippen MR) is 87.5 cm³/mol. The molecular weight excluding hydrogens is 288 g/mol. The second-order valence-corrected chi connectivity index (χ2v) is 8.36. The Morgan fingerprint density at radius 1 is 1.05 bits per heavy atom. The van der Waals surface area contributed by atoms with E-state index in [1.807, 2.05) is 52.5 Å². The Morgan fingerprint density at radius 3 is 1.81 bits per heavy atom. The van der Waals surface area contributed by atoms with Crippen molar-refractivity contribution in [1.29, 1.82) is 0 Å². The molecule has 122 valence electrons. The molecule has 0 aliphatic rings. The maximum Gasteiger partial charge on any atom is 0.312 e. The summed E-state index contributed by atoms with van der Waals surface area (Å²) in [5, 5.41) is -0.314. The third-order valence-electron chi connectivity index (χ3n) is 2.77. The standard InChI is InChI=1S/C14H24N2O3S.CH4/c1-10-8-11(15-12(9-10)20(17,18)19)16(13(2,3)4)14(5,6)7;/h8-9H,1-7H3,(H,17,18,19);1H4. The van der Waals surface area contributed by atoms with Crippen molar-refractivity contribution in [2.75, 3.05) is 4.90 Å². The van der Waals surface area contributed by atoms with Crippen LogP contribution in [0.2, 0.25) is 0 Å². The number of pyridine rings is 1. The van der Waals surface area contributed by atoms with Gasteiger partial charge in [0.15, 0.2) is 5.03 Å². The Kier molecular flexibility index (Phi) is 5.60. The first-order valence-electron chi connectivity index (χ1n) is 6.49. The third-order valence-corrected chi connectivity index (χ3v) is 3.51. The number of hydrogen-bond donors (Lipinski definition) is 1. The van der Waals surface area contributed by atoms with Gasteiger partial charge in [-0.05, 0) is 66.2 Å². The highest BCUT2D eigenvalue weighted by Gasteiger charge is 2.33. The van der Waals surface area contributed by atoms with Gasteiger partial charge in [0, 0.05) is 11.1 Å². The van der Waals surface area contributed by atoms with E-state index in [0.717, 1.165) is 5.56 Å². The molecule has 0 aliphatic heterocycles. The first kappa shape index (κ1) is 19.9. The van der Waals surface area contributed by atoms with Gasteiger partial charge in [-0.15, -0.1) is 0 Å². The molecule has 0 bridgehead atoms. The van der Waals surface area contributed by atoms with Crippen LogP contribution in [0.3, 0.4) is 0 Å². The molecule has 1 aromatic rings. The quantitative estimate of drug-likeness (QED) is 0.843. The van der Waals surface area contributed by atoms with Crippen LogP contribution in [0.25, 0.3) is 0 Å². The fourth-order valence-corrected chi connectivity index (χ4v) is 3.10. The molecule has 5 nitrogen and oxygen atoms in total. The number of aryl methyl sites for hydroxylation is 1. The summed E-state index contributed by atoms with van der Waals surface area (Å²) in [5.41, 5.74) is 0.256. The second-order valence-electron chi connectivity index (χ2n) is 6.99. The minimum absolute atomic E-state index is 0. The fourth-order valence-electron chi connectivity index (χ4n) is 2.56. The van der Waals surface area contributed by atoms with Gasteiger partial charge in [0.1, 0.15) is 5.82 Å². The van der Waals surface area contributed by atoms with Crippen LogP contribution in [0.15, 0.2) is 17.2 Å². The molecule has 1 rings (SSSR count). The van der Waals surface area contributed by atoms with Crippen LogP contribution in [-0.4, -0.2) is 29.0 Å². The molecule has 0 saturated carbocycles. The van der Waals surface area contributed by atoms with Crippen molar-refractivity contribution in [1.82, 2.24) is 4.98 Å². The summed E-state index contributed by atoms with van der Waals surface area (Å²) >= 11 is 0. The first-order chi connectivity index (χ1) is 8.73. The number of anilines is 1. The number of nitrogens with zero attached hydrogens (tertiary/aromatic N) is 2. The molecule has 6 heteroatoms. The van der Waals surface area contributed by atoms with Crippen molar-refractivity contribution < 1.29 is 13.0 Å². The lowest BCUT2D eigenvalue weighted by molar-refractivity contribution is 0.375. The van der Waals surface area contributed by atoms with Gasteiger partial charge in [0.2, 0.25) is 0 Å². The van der Waals surface area contributed by atoms with Crippen LogP contribution in [0.4, 0.5) is 5.82 Å². The lowest BCUT2D eigenvalue weighted by Gasteiger charge is -2.46. The summed E-state index contributed by atoms with van der Waals surface area (Å²) in [6.45, 7) is 14.0. The van der Waals surface area contributed by atoms with Crippen LogP contribution in [0.5, 0.6) is 0 Å². The third kappa shape index (κ3) is 4.97. The van der Waals surface area contributed by atoms with Crippen molar-refractivity contribution in [3.63, 3.8) is 0 Å². The van der Waals surface area contributed by atoms with Gasteiger partial charge in [0.25, 0.3) is 0 Å². The van der Waals surface area contributed by atoms with E-state index in [1.165, 1.54) is 6.07 Å². The molecule has 0 amide bonds.